The van der Waals surface area contributed by atoms with Gasteiger partial charge in [-0.15, -0.1) is 0 Å². The Morgan fingerprint density at radius 2 is 0.833 bits per heavy atom. The molecule has 290 valence electrons. The summed E-state index contributed by atoms with van der Waals surface area (Å²) in [4.78, 5) is 10.2. The third kappa shape index (κ3) is 38.8. The largest absolute Gasteiger partial charge is 0.472 e. The molecule has 0 aromatic carbocycles. The molecule has 0 aliphatic carbocycles. The Hall–Kier alpha value is -0.0100. The minimum atomic E-state index is -4.13. The summed E-state index contributed by atoms with van der Waals surface area (Å²) in [6.45, 7) is 7.01. The summed E-state index contributed by atoms with van der Waals surface area (Å²) in [5.74, 6) is 0. The van der Waals surface area contributed by atoms with E-state index in [1.807, 2.05) is 21.1 Å². The second-order valence-corrected chi connectivity index (χ2v) is 16.8. The topological polar surface area (TPSA) is 74.2 Å². The zero-order valence-electron chi connectivity index (χ0n) is 33.0. The van der Waals surface area contributed by atoms with Crippen LogP contribution in [0.25, 0.3) is 0 Å². The van der Waals surface area contributed by atoms with Crippen molar-refractivity contribution in [2.24, 2.45) is 0 Å². The highest BCUT2D eigenvalue weighted by atomic mass is 31.2. The number of phosphoric ester groups is 1. The summed E-state index contributed by atoms with van der Waals surface area (Å²) in [5, 5.41) is 0. The number of nitrogens with zero attached hydrogens (tertiary/aromatic N) is 1. The van der Waals surface area contributed by atoms with Gasteiger partial charge in [0.25, 0.3) is 0 Å². The van der Waals surface area contributed by atoms with Gasteiger partial charge in [-0.05, 0) is 12.8 Å². The van der Waals surface area contributed by atoms with E-state index < -0.39 is 7.82 Å². The molecule has 1 unspecified atom stereocenters. The smallest absolute Gasteiger partial charge is 0.379 e. The van der Waals surface area contributed by atoms with Gasteiger partial charge in [-0.25, -0.2) is 4.57 Å². The van der Waals surface area contributed by atoms with Crippen LogP contribution in [0, 0.1) is 0 Å². The second kappa shape index (κ2) is 35.4. The lowest BCUT2D eigenvalue weighted by atomic mass is 10.0. The van der Waals surface area contributed by atoms with Crippen LogP contribution in [0.1, 0.15) is 194 Å². The van der Waals surface area contributed by atoms with E-state index in [2.05, 4.69) is 13.8 Å². The minimum absolute atomic E-state index is 0.00447. The van der Waals surface area contributed by atoms with E-state index in [1.54, 1.807) is 0 Å². The molecule has 48 heavy (non-hydrogen) atoms. The highest BCUT2D eigenvalue weighted by molar-refractivity contribution is 7.47. The summed E-state index contributed by atoms with van der Waals surface area (Å²) in [6, 6.07) is 0. The highest BCUT2D eigenvalue weighted by Crippen LogP contribution is 2.43. The summed E-state index contributed by atoms with van der Waals surface area (Å²) in [5.41, 5.74) is 0. The van der Waals surface area contributed by atoms with Gasteiger partial charge in [0.2, 0.25) is 0 Å². The predicted molar refractivity (Wildman–Crippen MR) is 206 cm³/mol. The Morgan fingerprint density at radius 1 is 0.479 bits per heavy atom. The van der Waals surface area contributed by atoms with Crippen LogP contribution in [0.4, 0.5) is 0 Å². The van der Waals surface area contributed by atoms with Gasteiger partial charge < -0.3 is 18.9 Å². The van der Waals surface area contributed by atoms with Crippen LogP contribution >= 0.6 is 7.82 Å². The SMILES string of the molecule is CCCCCCCCCCCCCCCCOC[C@@H](COP(=O)(O)OCC[N+](C)(C)C)OCCCCCCCCCCCCCCCC. The Labute approximate surface area is 300 Å². The van der Waals surface area contributed by atoms with Crippen molar-refractivity contribution in [1.82, 2.24) is 0 Å². The Kier molecular flexibility index (Phi) is 35.4. The van der Waals surface area contributed by atoms with Crippen LogP contribution in [0.5, 0.6) is 0 Å². The molecule has 0 aliphatic heterocycles. The fraction of sp³-hybridized carbons (Fsp3) is 1.00. The zero-order chi connectivity index (χ0) is 35.4. The molecule has 0 fully saturated rings. The van der Waals surface area contributed by atoms with Crippen LogP contribution in [0.3, 0.4) is 0 Å². The average molecular weight is 707 g/mol. The molecular formula is C40H85NO6P+. The van der Waals surface area contributed by atoms with E-state index in [0.717, 1.165) is 19.3 Å². The number of phosphoric acid groups is 1. The van der Waals surface area contributed by atoms with Crippen molar-refractivity contribution >= 4 is 7.82 Å². The fourth-order valence-corrected chi connectivity index (χ4v) is 6.69. The van der Waals surface area contributed by atoms with Crippen LogP contribution in [0.15, 0.2) is 0 Å². The van der Waals surface area contributed by atoms with E-state index >= 15 is 0 Å². The molecule has 7 nitrogen and oxygen atoms in total. The number of unbranched alkanes of at least 4 members (excludes halogenated alkanes) is 26. The van der Waals surface area contributed by atoms with Crippen LogP contribution in [0.2, 0.25) is 0 Å². The van der Waals surface area contributed by atoms with Gasteiger partial charge in [0.15, 0.2) is 0 Å². The Bertz CT molecular complexity index is 689. The van der Waals surface area contributed by atoms with Crippen molar-refractivity contribution < 1.29 is 32.5 Å². The summed E-state index contributed by atoms with van der Waals surface area (Å²) in [7, 11) is 1.92. The van der Waals surface area contributed by atoms with Gasteiger partial charge in [0, 0.05) is 13.2 Å². The maximum atomic E-state index is 12.4. The second-order valence-electron chi connectivity index (χ2n) is 15.4. The van der Waals surface area contributed by atoms with E-state index in [4.69, 9.17) is 18.5 Å². The van der Waals surface area contributed by atoms with E-state index in [1.165, 1.54) is 161 Å². The van der Waals surface area contributed by atoms with Crippen molar-refractivity contribution in [3.05, 3.63) is 0 Å². The maximum absolute atomic E-state index is 12.4. The molecule has 2 atom stereocenters. The summed E-state index contributed by atoms with van der Waals surface area (Å²) < 4.78 is 35.7. The van der Waals surface area contributed by atoms with E-state index in [0.29, 0.717) is 30.8 Å². The molecule has 8 heteroatoms. The molecule has 0 heterocycles. The van der Waals surface area contributed by atoms with Crippen LogP contribution in [-0.4, -0.2) is 76.2 Å². The van der Waals surface area contributed by atoms with Crippen molar-refractivity contribution in [1.29, 1.82) is 0 Å². The highest BCUT2D eigenvalue weighted by Gasteiger charge is 2.25. The molecule has 0 spiro atoms. The molecule has 0 aromatic rings. The first-order chi connectivity index (χ1) is 23.2. The number of ether oxygens (including phenoxy) is 2. The van der Waals surface area contributed by atoms with Crippen molar-refractivity contribution in [2.45, 2.75) is 200 Å². The molecule has 0 saturated heterocycles. The fourth-order valence-electron chi connectivity index (χ4n) is 5.95. The first-order valence-corrected chi connectivity index (χ1v) is 22.3. The van der Waals surface area contributed by atoms with Gasteiger partial charge in [0.1, 0.15) is 19.3 Å². The van der Waals surface area contributed by atoms with Gasteiger partial charge in [0.05, 0.1) is 34.4 Å². The van der Waals surface area contributed by atoms with E-state index in [-0.39, 0.29) is 19.3 Å². The first-order valence-electron chi connectivity index (χ1n) is 20.8. The number of hydrogen-bond acceptors (Lipinski definition) is 5. The van der Waals surface area contributed by atoms with E-state index in [9.17, 15) is 9.46 Å². The van der Waals surface area contributed by atoms with Crippen LogP contribution < -0.4 is 0 Å². The quantitative estimate of drug-likeness (QED) is 0.0388. The predicted octanol–water partition coefficient (Wildman–Crippen LogP) is 12.2. The Balaban J connectivity index is 4.08. The lowest BCUT2D eigenvalue weighted by Gasteiger charge is -2.24. The number of hydrogen-bond donors (Lipinski definition) is 1. The molecule has 0 saturated carbocycles. The molecule has 0 radical (unpaired) electrons. The van der Waals surface area contributed by atoms with Gasteiger partial charge in [-0.2, -0.15) is 0 Å². The van der Waals surface area contributed by atoms with Gasteiger partial charge >= 0.3 is 7.82 Å². The third-order valence-electron chi connectivity index (χ3n) is 9.24. The molecule has 0 aromatic heterocycles. The Morgan fingerprint density at radius 3 is 1.21 bits per heavy atom. The lowest BCUT2D eigenvalue weighted by Crippen LogP contribution is -2.37. The molecule has 0 amide bonds. The normalized spacial score (nSPS) is 14.0. The van der Waals surface area contributed by atoms with Gasteiger partial charge in [-0.3, -0.25) is 9.05 Å². The molecule has 0 rings (SSSR count). The van der Waals surface area contributed by atoms with Crippen molar-refractivity contribution in [3.8, 4) is 0 Å². The third-order valence-corrected chi connectivity index (χ3v) is 10.2. The molecular weight excluding hydrogens is 621 g/mol. The zero-order valence-corrected chi connectivity index (χ0v) is 33.9. The molecule has 0 bridgehead atoms. The first kappa shape index (κ1) is 48.0. The maximum Gasteiger partial charge on any atom is 0.472 e. The number of quaternary nitrogens is 1. The van der Waals surface area contributed by atoms with Crippen molar-refractivity contribution in [2.75, 3.05) is 60.7 Å². The number of likely N-dealkylation sites (N-methyl/N-ethyl adjacent to an activating group) is 1. The van der Waals surface area contributed by atoms with Crippen molar-refractivity contribution in [3.63, 3.8) is 0 Å². The molecule has 1 N–H and O–H groups in total. The average Bonchev–Trinajstić information content (AvgIpc) is 3.04. The summed E-state index contributed by atoms with van der Waals surface area (Å²) in [6.07, 6.45) is 36.8. The minimum Gasteiger partial charge on any atom is -0.379 e. The van der Waals surface area contributed by atoms with Gasteiger partial charge in [-0.1, -0.05) is 181 Å². The lowest BCUT2D eigenvalue weighted by molar-refractivity contribution is -0.870. The van der Waals surface area contributed by atoms with Crippen LogP contribution in [-0.2, 0) is 23.1 Å². The summed E-state index contributed by atoms with van der Waals surface area (Å²) >= 11 is 0. The molecule has 0 aliphatic rings. The number of rotatable bonds is 40. The monoisotopic (exact) mass is 707 g/mol. The standard InChI is InChI=1S/C40H84NO6P/c1-6-8-10-12-14-16-18-20-22-24-26-28-30-32-35-44-38-40(39-47-48(42,43)46-37-34-41(3,4)5)45-36-33-31-29-27-25-23-21-19-17-15-13-11-9-7-2/h40H,6-39H2,1-5H3/p+1/t40-/m0/s1.